The molecule has 0 saturated carbocycles. The van der Waals surface area contributed by atoms with Crippen molar-refractivity contribution in [1.82, 2.24) is 9.97 Å². The van der Waals surface area contributed by atoms with Crippen LogP contribution in [0.15, 0.2) is 53.6 Å². The van der Waals surface area contributed by atoms with Gasteiger partial charge in [0.1, 0.15) is 10.8 Å². The van der Waals surface area contributed by atoms with Crippen molar-refractivity contribution >= 4 is 17.7 Å². The molecule has 0 aliphatic carbocycles. The standard InChI is InChI=1S/C24H24N2O4S/c1-24(2)12-19-18(13-30-24)22(26-21(25-19)15-7-5-4-6-8-15)31-14-17-11-16(23(27)28)9-10-20(17)29-3/h4-11H,12-14H2,1-3H3,(H,27,28)/p-1. The first-order chi connectivity index (χ1) is 14.9. The molecule has 31 heavy (non-hydrogen) atoms. The first kappa shape index (κ1) is 21.3. The molecule has 0 saturated heterocycles. The average Bonchev–Trinajstić information content (AvgIpc) is 2.76. The second-order valence-corrected chi connectivity index (χ2v) is 8.94. The van der Waals surface area contributed by atoms with Gasteiger partial charge in [0.25, 0.3) is 0 Å². The topological polar surface area (TPSA) is 84.4 Å². The minimum absolute atomic E-state index is 0.121. The zero-order valence-electron chi connectivity index (χ0n) is 17.7. The van der Waals surface area contributed by atoms with Gasteiger partial charge in [-0.05, 0) is 37.6 Å². The molecule has 0 amide bonds. The molecule has 0 radical (unpaired) electrons. The summed E-state index contributed by atoms with van der Waals surface area (Å²) in [6.45, 7) is 4.56. The summed E-state index contributed by atoms with van der Waals surface area (Å²) in [5.41, 5.74) is 3.52. The summed E-state index contributed by atoms with van der Waals surface area (Å²) >= 11 is 1.52. The van der Waals surface area contributed by atoms with Crippen LogP contribution >= 0.6 is 11.8 Å². The summed E-state index contributed by atoms with van der Waals surface area (Å²) < 4.78 is 11.4. The Morgan fingerprint density at radius 1 is 1.19 bits per heavy atom. The zero-order chi connectivity index (χ0) is 22.0. The predicted molar refractivity (Wildman–Crippen MR) is 117 cm³/mol. The molecule has 2 heterocycles. The van der Waals surface area contributed by atoms with Crippen LogP contribution in [0.25, 0.3) is 11.4 Å². The van der Waals surface area contributed by atoms with Crippen LogP contribution in [0.1, 0.15) is 41.0 Å². The normalized spacial score (nSPS) is 14.7. The Balaban J connectivity index is 1.71. The molecule has 1 aliphatic rings. The number of thioether (sulfide) groups is 1. The van der Waals surface area contributed by atoms with Crippen molar-refractivity contribution < 1.29 is 19.4 Å². The van der Waals surface area contributed by atoms with Gasteiger partial charge >= 0.3 is 0 Å². The third-order valence-corrected chi connectivity index (χ3v) is 6.23. The Labute approximate surface area is 185 Å². The first-order valence-corrected chi connectivity index (χ1v) is 10.9. The van der Waals surface area contributed by atoms with Crippen molar-refractivity contribution in [3.05, 3.63) is 70.9 Å². The van der Waals surface area contributed by atoms with Gasteiger partial charge in [-0.25, -0.2) is 9.97 Å². The van der Waals surface area contributed by atoms with E-state index in [0.717, 1.165) is 27.4 Å². The van der Waals surface area contributed by atoms with Crippen LogP contribution in [0.4, 0.5) is 0 Å². The van der Waals surface area contributed by atoms with Crippen molar-refractivity contribution in [3.8, 4) is 17.1 Å². The van der Waals surface area contributed by atoms with E-state index in [1.807, 2.05) is 30.3 Å². The highest BCUT2D eigenvalue weighted by molar-refractivity contribution is 7.98. The number of hydrogen-bond acceptors (Lipinski definition) is 7. The SMILES string of the molecule is COc1ccc(C(=O)[O-])cc1CSc1nc(-c2ccccc2)nc2c1COC(C)(C)C2. The molecule has 160 valence electrons. The number of benzene rings is 2. The average molecular weight is 436 g/mol. The van der Waals surface area contributed by atoms with Crippen molar-refractivity contribution in [1.29, 1.82) is 0 Å². The number of nitrogens with zero attached hydrogens (tertiary/aromatic N) is 2. The van der Waals surface area contributed by atoms with Gasteiger partial charge in [0, 0.05) is 28.9 Å². The fraction of sp³-hybridized carbons (Fsp3) is 0.292. The van der Waals surface area contributed by atoms with E-state index in [4.69, 9.17) is 19.4 Å². The van der Waals surface area contributed by atoms with Gasteiger partial charge in [-0.1, -0.05) is 30.3 Å². The third kappa shape index (κ3) is 4.73. The van der Waals surface area contributed by atoms with Crippen molar-refractivity contribution in [2.24, 2.45) is 0 Å². The van der Waals surface area contributed by atoms with Gasteiger partial charge in [0.15, 0.2) is 5.82 Å². The minimum atomic E-state index is -1.21. The Hall–Kier alpha value is -2.90. The summed E-state index contributed by atoms with van der Waals surface area (Å²) in [7, 11) is 1.57. The molecule has 1 aromatic heterocycles. The van der Waals surface area contributed by atoms with Crippen LogP contribution in [0, 0.1) is 0 Å². The quantitative estimate of drug-likeness (QED) is 0.431. The number of carbonyl (C=O) groups is 1. The molecule has 0 atom stereocenters. The van der Waals surface area contributed by atoms with Gasteiger partial charge in [-0.15, -0.1) is 11.8 Å². The number of carboxylic acid groups (broad SMARTS) is 1. The van der Waals surface area contributed by atoms with E-state index in [1.54, 1.807) is 19.2 Å². The monoisotopic (exact) mass is 435 g/mol. The van der Waals surface area contributed by atoms with Crippen LogP contribution < -0.4 is 9.84 Å². The van der Waals surface area contributed by atoms with E-state index < -0.39 is 5.97 Å². The largest absolute Gasteiger partial charge is 0.545 e. The first-order valence-electron chi connectivity index (χ1n) is 9.96. The number of fused-ring (bicyclic) bond motifs is 1. The summed E-state index contributed by atoms with van der Waals surface area (Å²) in [6, 6.07) is 14.6. The highest BCUT2D eigenvalue weighted by atomic mass is 32.2. The van der Waals surface area contributed by atoms with Gasteiger partial charge in [-0.3, -0.25) is 0 Å². The van der Waals surface area contributed by atoms with Crippen LogP contribution in [-0.2, 0) is 23.5 Å². The maximum Gasteiger partial charge on any atom is 0.160 e. The number of methoxy groups -OCH3 is 1. The van der Waals surface area contributed by atoms with Gasteiger partial charge < -0.3 is 19.4 Å². The number of carboxylic acids is 1. The molecule has 0 N–H and O–H groups in total. The lowest BCUT2D eigenvalue weighted by atomic mass is 9.96. The maximum absolute atomic E-state index is 11.3. The molecular formula is C24H23N2O4S-. The number of ether oxygens (including phenoxy) is 2. The predicted octanol–water partition coefficient (Wildman–Crippen LogP) is 3.66. The molecule has 6 nitrogen and oxygen atoms in total. The fourth-order valence-corrected chi connectivity index (χ4v) is 4.54. The summed E-state index contributed by atoms with van der Waals surface area (Å²) in [5.74, 6) is 0.581. The van der Waals surface area contributed by atoms with Crippen LogP contribution in [-0.4, -0.2) is 28.6 Å². The Kier molecular flexibility index (Phi) is 5.98. The molecule has 1 aliphatic heterocycles. The molecule has 3 aromatic rings. The number of rotatable bonds is 6. The van der Waals surface area contributed by atoms with Crippen molar-refractivity contribution in [2.45, 2.75) is 43.3 Å². The van der Waals surface area contributed by atoms with E-state index in [9.17, 15) is 9.90 Å². The summed E-state index contributed by atoms with van der Waals surface area (Å²) in [5, 5.41) is 12.1. The zero-order valence-corrected chi connectivity index (χ0v) is 18.5. The molecule has 2 aromatic carbocycles. The smallest absolute Gasteiger partial charge is 0.160 e. The van der Waals surface area contributed by atoms with Gasteiger partial charge in [-0.2, -0.15) is 0 Å². The lowest BCUT2D eigenvalue weighted by Gasteiger charge is -2.32. The van der Waals surface area contributed by atoms with E-state index in [0.29, 0.717) is 30.4 Å². The fourth-order valence-electron chi connectivity index (χ4n) is 3.52. The van der Waals surface area contributed by atoms with E-state index in [2.05, 4.69) is 13.8 Å². The number of carbonyl (C=O) groups excluding carboxylic acids is 1. The Morgan fingerprint density at radius 2 is 1.97 bits per heavy atom. The molecule has 0 bridgehead atoms. The van der Waals surface area contributed by atoms with E-state index in [1.165, 1.54) is 17.8 Å². The van der Waals surface area contributed by atoms with E-state index in [-0.39, 0.29) is 11.2 Å². The van der Waals surface area contributed by atoms with Crippen LogP contribution in [0.5, 0.6) is 5.75 Å². The lowest BCUT2D eigenvalue weighted by Crippen LogP contribution is -2.33. The summed E-state index contributed by atoms with van der Waals surface area (Å²) in [4.78, 5) is 21.0. The second-order valence-electron chi connectivity index (χ2n) is 7.97. The second kappa shape index (κ2) is 8.69. The van der Waals surface area contributed by atoms with Crippen molar-refractivity contribution in [3.63, 3.8) is 0 Å². The number of aromatic carboxylic acids is 1. The number of hydrogen-bond donors (Lipinski definition) is 0. The molecule has 0 unspecified atom stereocenters. The Bertz CT molecular complexity index is 1120. The highest BCUT2D eigenvalue weighted by Gasteiger charge is 2.30. The van der Waals surface area contributed by atoms with Crippen LogP contribution in [0.2, 0.25) is 0 Å². The van der Waals surface area contributed by atoms with Crippen LogP contribution in [0.3, 0.4) is 0 Å². The third-order valence-electron chi connectivity index (χ3n) is 5.17. The van der Waals surface area contributed by atoms with E-state index >= 15 is 0 Å². The molecule has 0 spiro atoms. The van der Waals surface area contributed by atoms with Gasteiger partial charge in [0.05, 0.1) is 31.0 Å². The Morgan fingerprint density at radius 3 is 2.68 bits per heavy atom. The minimum Gasteiger partial charge on any atom is -0.545 e. The van der Waals surface area contributed by atoms with Crippen molar-refractivity contribution in [2.75, 3.05) is 7.11 Å². The summed E-state index contributed by atoms with van der Waals surface area (Å²) in [6.07, 6.45) is 0.696. The number of aromatic nitrogens is 2. The lowest BCUT2D eigenvalue weighted by molar-refractivity contribution is -0.255. The maximum atomic E-state index is 11.3. The molecule has 7 heteroatoms. The molecular weight excluding hydrogens is 412 g/mol. The molecule has 0 fully saturated rings. The van der Waals surface area contributed by atoms with Gasteiger partial charge in [0.2, 0.25) is 0 Å². The molecule has 4 rings (SSSR count). The highest BCUT2D eigenvalue weighted by Crippen LogP contribution is 2.36.